The van der Waals surface area contributed by atoms with Gasteiger partial charge in [0.25, 0.3) is 0 Å². The summed E-state index contributed by atoms with van der Waals surface area (Å²) in [5, 5.41) is 2.84. The van der Waals surface area contributed by atoms with E-state index < -0.39 is 0 Å². The van der Waals surface area contributed by atoms with Gasteiger partial charge in [-0.15, -0.1) is 0 Å². The van der Waals surface area contributed by atoms with Crippen molar-refractivity contribution in [2.45, 2.75) is 26.8 Å². The fourth-order valence-corrected chi connectivity index (χ4v) is 0.986. The highest BCUT2D eigenvalue weighted by Crippen LogP contribution is 2.02. The maximum atomic E-state index is 11.3. The molecule has 4 nitrogen and oxygen atoms in total. The van der Waals surface area contributed by atoms with E-state index in [1.807, 2.05) is 13.8 Å². The van der Waals surface area contributed by atoms with E-state index >= 15 is 0 Å². The third kappa shape index (κ3) is 4.62. The van der Waals surface area contributed by atoms with Crippen molar-refractivity contribution in [2.24, 2.45) is 5.92 Å². The van der Waals surface area contributed by atoms with Crippen molar-refractivity contribution in [2.75, 3.05) is 13.7 Å². The summed E-state index contributed by atoms with van der Waals surface area (Å²) in [6, 6.07) is -0.334. The lowest BCUT2D eigenvalue weighted by Crippen LogP contribution is -2.40. The average Bonchev–Trinajstić information content (AvgIpc) is 2.01. The number of Topliss-reactive ketones (excluding diaryl/α,β-unsaturated/α-hetero) is 1. The standard InChI is InChI=1S/C9H17NO3/c1-6(2)8(10-4)9(12)13-5-7(3)11/h6,8,10H,5H2,1-4H3. The average molecular weight is 187 g/mol. The zero-order chi connectivity index (χ0) is 10.4. The predicted octanol–water partition coefficient (Wildman–Crippen LogP) is 0.363. The van der Waals surface area contributed by atoms with E-state index in [0.717, 1.165) is 0 Å². The second kappa shape index (κ2) is 5.70. The molecule has 0 aromatic rings. The Kier molecular flexibility index (Phi) is 5.30. The number of nitrogens with one attached hydrogen (secondary N) is 1. The maximum Gasteiger partial charge on any atom is 0.323 e. The van der Waals surface area contributed by atoms with Crippen molar-refractivity contribution in [1.82, 2.24) is 5.32 Å². The van der Waals surface area contributed by atoms with Crippen LogP contribution >= 0.6 is 0 Å². The molecule has 13 heavy (non-hydrogen) atoms. The van der Waals surface area contributed by atoms with Crippen LogP contribution in [0.1, 0.15) is 20.8 Å². The second-order valence-electron chi connectivity index (χ2n) is 3.32. The molecule has 0 rings (SSSR count). The third-order valence-electron chi connectivity index (χ3n) is 1.65. The molecule has 0 radical (unpaired) electrons. The Labute approximate surface area is 78.6 Å². The minimum absolute atomic E-state index is 0.135. The summed E-state index contributed by atoms with van der Waals surface area (Å²) >= 11 is 0. The molecule has 4 heteroatoms. The second-order valence-corrected chi connectivity index (χ2v) is 3.32. The van der Waals surface area contributed by atoms with Crippen LogP contribution < -0.4 is 5.32 Å². The van der Waals surface area contributed by atoms with E-state index in [2.05, 4.69) is 5.32 Å². The van der Waals surface area contributed by atoms with E-state index in [4.69, 9.17) is 4.74 Å². The molecule has 0 aliphatic carbocycles. The SMILES string of the molecule is CNC(C(=O)OCC(C)=O)C(C)C. The summed E-state index contributed by atoms with van der Waals surface area (Å²) in [5.41, 5.74) is 0. The molecular weight excluding hydrogens is 170 g/mol. The van der Waals surface area contributed by atoms with Crippen LogP contribution in [-0.2, 0) is 14.3 Å². The fraction of sp³-hybridized carbons (Fsp3) is 0.778. The Morgan fingerprint density at radius 1 is 1.38 bits per heavy atom. The summed E-state index contributed by atoms with van der Waals surface area (Å²) in [6.07, 6.45) is 0. The zero-order valence-corrected chi connectivity index (χ0v) is 8.59. The van der Waals surface area contributed by atoms with E-state index in [1.165, 1.54) is 6.92 Å². The zero-order valence-electron chi connectivity index (χ0n) is 8.59. The fourth-order valence-electron chi connectivity index (χ4n) is 0.986. The number of carbonyl (C=O) groups is 2. The van der Waals surface area contributed by atoms with E-state index in [0.29, 0.717) is 0 Å². The molecule has 0 saturated heterocycles. The smallest absolute Gasteiger partial charge is 0.323 e. The minimum atomic E-state index is -0.368. The summed E-state index contributed by atoms with van der Waals surface area (Å²) in [6.45, 7) is 5.08. The Balaban J connectivity index is 3.99. The highest BCUT2D eigenvalue weighted by molar-refractivity contribution is 5.82. The molecule has 0 aliphatic heterocycles. The van der Waals surface area contributed by atoms with Crippen molar-refractivity contribution in [3.8, 4) is 0 Å². The van der Waals surface area contributed by atoms with Crippen LogP contribution in [0.2, 0.25) is 0 Å². The topological polar surface area (TPSA) is 55.4 Å². The first kappa shape index (κ1) is 12.1. The molecule has 1 unspecified atom stereocenters. The van der Waals surface area contributed by atoms with Crippen LogP contribution in [0.4, 0.5) is 0 Å². The van der Waals surface area contributed by atoms with Gasteiger partial charge in [0, 0.05) is 0 Å². The van der Waals surface area contributed by atoms with Crippen LogP contribution in [-0.4, -0.2) is 31.4 Å². The molecular formula is C9H17NO3. The van der Waals surface area contributed by atoms with E-state index in [1.54, 1.807) is 7.05 Å². The van der Waals surface area contributed by atoms with Gasteiger partial charge in [-0.1, -0.05) is 13.8 Å². The van der Waals surface area contributed by atoms with Crippen LogP contribution in [0, 0.1) is 5.92 Å². The summed E-state index contributed by atoms with van der Waals surface area (Å²) in [7, 11) is 1.69. The van der Waals surface area contributed by atoms with Gasteiger partial charge in [-0.2, -0.15) is 0 Å². The van der Waals surface area contributed by atoms with Gasteiger partial charge in [-0.25, -0.2) is 0 Å². The van der Waals surface area contributed by atoms with Gasteiger partial charge in [0.1, 0.15) is 12.6 Å². The number of esters is 1. The summed E-state index contributed by atoms with van der Waals surface area (Å²) < 4.78 is 4.77. The van der Waals surface area contributed by atoms with Gasteiger partial charge >= 0.3 is 5.97 Å². The third-order valence-corrected chi connectivity index (χ3v) is 1.65. The van der Waals surface area contributed by atoms with Gasteiger partial charge in [-0.05, 0) is 19.9 Å². The maximum absolute atomic E-state index is 11.3. The first-order valence-corrected chi connectivity index (χ1v) is 4.32. The van der Waals surface area contributed by atoms with Crippen molar-refractivity contribution in [3.63, 3.8) is 0 Å². The summed E-state index contributed by atoms with van der Waals surface area (Å²) in [4.78, 5) is 21.8. The van der Waals surface area contributed by atoms with Crippen LogP contribution in [0.3, 0.4) is 0 Å². The number of ether oxygens (including phenoxy) is 1. The molecule has 0 fully saturated rings. The Morgan fingerprint density at radius 2 is 1.92 bits per heavy atom. The molecule has 0 bridgehead atoms. The molecule has 1 N–H and O–H groups in total. The predicted molar refractivity (Wildman–Crippen MR) is 49.3 cm³/mol. The van der Waals surface area contributed by atoms with Gasteiger partial charge in [0.05, 0.1) is 0 Å². The molecule has 0 heterocycles. The normalized spacial score (nSPS) is 12.7. The summed E-state index contributed by atoms with van der Waals surface area (Å²) in [5.74, 6) is -0.357. The highest BCUT2D eigenvalue weighted by atomic mass is 16.5. The highest BCUT2D eigenvalue weighted by Gasteiger charge is 2.21. The van der Waals surface area contributed by atoms with Gasteiger partial charge in [0.15, 0.2) is 5.78 Å². The van der Waals surface area contributed by atoms with E-state index in [9.17, 15) is 9.59 Å². The van der Waals surface area contributed by atoms with Crippen molar-refractivity contribution in [1.29, 1.82) is 0 Å². The quantitative estimate of drug-likeness (QED) is 0.631. The number of likely N-dealkylation sites (N-methyl/N-ethyl adjacent to an activating group) is 1. The Bertz CT molecular complexity index is 189. The lowest BCUT2D eigenvalue weighted by molar-refractivity contribution is -0.150. The monoisotopic (exact) mass is 187 g/mol. The Hall–Kier alpha value is -0.900. The number of rotatable bonds is 5. The molecule has 0 saturated carbocycles. The molecule has 0 aromatic carbocycles. The van der Waals surface area contributed by atoms with Crippen LogP contribution in [0.15, 0.2) is 0 Å². The van der Waals surface area contributed by atoms with Gasteiger partial charge in [0.2, 0.25) is 0 Å². The van der Waals surface area contributed by atoms with E-state index in [-0.39, 0.29) is 30.3 Å². The van der Waals surface area contributed by atoms with Crippen LogP contribution in [0.25, 0.3) is 0 Å². The molecule has 1 atom stereocenters. The molecule has 0 aliphatic rings. The van der Waals surface area contributed by atoms with Crippen LogP contribution in [0.5, 0.6) is 0 Å². The number of ketones is 1. The molecule has 76 valence electrons. The minimum Gasteiger partial charge on any atom is -0.457 e. The van der Waals surface area contributed by atoms with Crippen molar-refractivity contribution >= 4 is 11.8 Å². The number of hydrogen-bond acceptors (Lipinski definition) is 4. The lowest BCUT2D eigenvalue weighted by atomic mass is 10.1. The molecule has 0 spiro atoms. The lowest BCUT2D eigenvalue weighted by Gasteiger charge is -2.17. The van der Waals surface area contributed by atoms with Crippen molar-refractivity contribution < 1.29 is 14.3 Å². The number of carbonyl (C=O) groups excluding carboxylic acids is 2. The Morgan fingerprint density at radius 3 is 2.23 bits per heavy atom. The number of hydrogen-bond donors (Lipinski definition) is 1. The largest absolute Gasteiger partial charge is 0.457 e. The van der Waals surface area contributed by atoms with Gasteiger partial charge < -0.3 is 10.1 Å². The van der Waals surface area contributed by atoms with Crippen molar-refractivity contribution in [3.05, 3.63) is 0 Å². The first-order valence-electron chi connectivity index (χ1n) is 4.32. The molecule has 0 aromatic heterocycles. The van der Waals surface area contributed by atoms with Gasteiger partial charge in [-0.3, -0.25) is 9.59 Å². The first-order chi connectivity index (χ1) is 5.99. The molecule has 0 amide bonds.